The van der Waals surface area contributed by atoms with E-state index in [2.05, 4.69) is 21.9 Å². The van der Waals surface area contributed by atoms with Crippen molar-refractivity contribution in [3.63, 3.8) is 0 Å². The lowest BCUT2D eigenvalue weighted by Crippen LogP contribution is -2.08. The molecular weight excluding hydrogens is 392 g/mol. The molecule has 1 aliphatic heterocycles. The second-order valence-corrected chi connectivity index (χ2v) is 7.18. The number of hydrogen-bond donors (Lipinski definition) is 1. The standard InChI is InChI=1S/C26H21F2N3/c1-17-19(15-29-18(2)31-21-8-4-3-5-9-21)16-30-26(23-10-6-7-11-25(23)28)24-14-20(27)12-13-22(17)24/h3-15,31H,2,16H2,1H3. The van der Waals surface area contributed by atoms with E-state index in [-0.39, 0.29) is 6.54 Å². The van der Waals surface area contributed by atoms with E-state index in [9.17, 15) is 8.78 Å². The van der Waals surface area contributed by atoms with Gasteiger partial charge in [0.2, 0.25) is 0 Å². The normalized spacial score (nSPS) is 13.6. The smallest absolute Gasteiger partial charge is 0.132 e. The van der Waals surface area contributed by atoms with Crippen LogP contribution in [0.4, 0.5) is 14.5 Å². The molecule has 0 amide bonds. The van der Waals surface area contributed by atoms with Gasteiger partial charge < -0.3 is 5.32 Å². The third-order valence-electron chi connectivity index (χ3n) is 5.10. The molecule has 0 aliphatic carbocycles. The Hall–Kier alpha value is -3.86. The monoisotopic (exact) mass is 413 g/mol. The van der Waals surface area contributed by atoms with Gasteiger partial charge in [-0.3, -0.25) is 4.99 Å². The molecule has 31 heavy (non-hydrogen) atoms. The molecule has 0 spiro atoms. The predicted molar refractivity (Wildman–Crippen MR) is 124 cm³/mol. The Balaban J connectivity index is 1.70. The van der Waals surface area contributed by atoms with E-state index in [4.69, 9.17) is 0 Å². The van der Waals surface area contributed by atoms with Gasteiger partial charge in [-0.2, -0.15) is 0 Å². The van der Waals surface area contributed by atoms with Crippen molar-refractivity contribution in [2.75, 3.05) is 11.9 Å². The fourth-order valence-corrected chi connectivity index (χ4v) is 3.48. The van der Waals surface area contributed by atoms with Crippen molar-refractivity contribution in [2.24, 2.45) is 9.98 Å². The Kier molecular flexibility index (Phi) is 5.85. The van der Waals surface area contributed by atoms with Crippen molar-refractivity contribution in [2.45, 2.75) is 6.92 Å². The minimum atomic E-state index is -0.397. The molecule has 0 aromatic heterocycles. The van der Waals surface area contributed by atoms with Crippen LogP contribution < -0.4 is 5.32 Å². The van der Waals surface area contributed by atoms with Gasteiger partial charge in [0.25, 0.3) is 0 Å². The third-order valence-corrected chi connectivity index (χ3v) is 5.10. The largest absolute Gasteiger partial charge is 0.341 e. The second-order valence-electron chi connectivity index (χ2n) is 7.18. The van der Waals surface area contributed by atoms with Crippen LogP contribution in [0.2, 0.25) is 0 Å². The Morgan fingerprint density at radius 3 is 2.48 bits per heavy atom. The second kappa shape index (κ2) is 8.88. The van der Waals surface area contributed by atoms with Gasteiger partial charge in [0, 0.05) is 23.0 Å². The maximum absolute atomic E-state index is 14.5. The Morgan fingerprint density at radius 2 is 1.71 bits per heavy atom. The lowest BCUT2D eigenvalue weighted by molar-refractivity contribution is 0.623. The Morgan fingerprint density at radius 1 is 0.968 bits per heavy atom. The third kappa shape index (κ3) is 4.51. The van der Waals surface area contributed by atoms with Crippen molar-refractivity contribution < 1.29 is 8.78 Å². The maximum Gasteiger partial charge on any atom is 0.132 e. The van der Waals surface area contributed by atoms with Crippen molar-refractivity contribution in [3.8, 4) is 0 Å². The number of allylic oxidation sites excluding steroid dienone is 1. The van der Waals surface area contributed by atoms with E-state index in [0.717, 1.165) is 22.4 Å². The van der Waals surface area contributed by atoms with E-state index in [1.54, 1.807) is 30.5 Å². The van der Waals surface area contributed by atoms with Crippen LogP contribution in [-0.2, 0) is 0 Å². The minimum absolute atomic E-state index is 0.286. The van der Waals surface area contributed by atoms with Crippen molar-refractivity contribution in [1.82, 2.24) is 0 Å². The minimum Gasteiger partial charge on any atom is -0.341 e. The number of aliphatic imine (C=N–C) groups is 2. The quantitative estimate of drug-likeness (QED) is 0.494. The molecule has 0 saturated heterocycles. The number of nitrogens with zero attached hydrogens (tertiary/aromatic N) is 2. The molecule has 4 rings (SSSR count). The first-order valence-corrected chi connectivity index (χ1v) is 9.87. The summed E-state index contributed by atoms with van der Waals surface area (Å²) in [7, 11) is 0. The molecule has 0 saturated carbocycles. The molecule has 1 N–H and O–H groups in total. The van der Waals surface area contributed by atoms with Crippen LogP contribution in [0.1, 0.15) is 23.6 Å². The summed E-state index contributed by atoms with van der Waals surface area (Å²) in [6.45, 7) is 6.17. The molecule has 0 atom stereocenters. The molecule has 1 aliphatic rings. The summed E-state index contributed by atoms with van der Waals surface area (Å²) in [6.07, 6.45) is 1.70. The van der Waals surface area contributed by atoms with E-state index >= 15 is 0 Å². The van der Waals surface area contributed by atoms with E-state index in [1.165, 1.54) is 18.2 Å². The molecule has 0 fully saturated rings. The van der Waals surface area contributed by atoms with Gasteiger partial charge >= 0.3 is 0 Å². The van der Waals surface area contributed by atoms with E-state index in [0.29, 0.717) is 22.7 Å². The van der Waals surface area contributed by atoms with Crippen LogP contribution in [0.25, 0.3) is 5.57 Å². The number of halogens is 2. The summed E-state index contributed by atoms with van der Waals surface area (Å²) in [4.78, 5) is 9.08. The predicted octanol–water partition coefficient (Wildman–Crippen LogP) is 6.24. The lowest BCUT2D eigenvalue weighted by Gasteiger charge is -2.12. The molecule has 3 aromatic carbocycles. The van der Waals surface area contributed by atoms with Crippen LogP contribution in [-0.4, -0.2) is 18.5 Å². The lowest BCUT2D eigenvalue weighted by atomic mass is 9.92. The summed E-state index contributed by atoms with van der Waals surface area (Å²) in [6, 6.07) is 20.5. The van der Waals surface area contributed by atoms with Crippen LogP contribution in [0.3, 0.4) is 0 Å². The molecule has 0 radical (unpaired) electrons. The van der Waals surface area contributed by atoms with Gasteiger partial charge in [0.05, 0.1) is 12.3 Å². The Labute approximate surface area is 180 Å². The maximum atomic E-state index is 14.5. The van der Waals surface area contributed by atoms with Gasteiger partial charge in [-0.05, 0) is 60.0 Å². The highest BCUT2D eigenvalue weighted by Crippen LogP contribution is 2.29. The topological polar surface area (TPSA) is 36.8 Å². The van der Waals surface area contributed by atoms with Gasteiger partial charge in [-0.15, -0.1) is 0 Å². The first kappa shape index (κ1) is 20.4. The number of anilines is 1. The number of para-hydroxylation sites is 1. The summed E-state index contributed by atoms with van der Waals surface area (Å²) in [5, 5.41) is 3.13. The fraction of sp³-hybridized carbons (Fsp3) is 0.0769. The zero-order chi connectivity index (χ0) is 21.8. The first-order chi connectivity index (χ1) is 15.0. The van der Waals surface area contributed by atoms with Crippen LogP contribution in [0, 0.1) is 11.6 Å². The molecule has 0 unspecified atom stereocenters. The zero-order valence-corrected chi connectivity index (χ0v) is 17.1. The van der Waals surface area contributed by atoms with Crippen LogP contribution in [0.15, 0.2) is 101 Å². The van der Waals surface area contributed by atoms with E-state index < -0.39 is 11.6 Å². The molecule has 1 heterocycles. The number of benzene rings is 3. The zero-order valence-electron chi connectivity index (χ0n) is 17.1. The molecule has 154 valence electrons. The molecule has 3 aromatic rings. The summed E-state index contributed by atoms with van der Waals surface area (Å²) in [5.74, 6) is -0.312. The van der Waals surface area contributed by atoms with Crippen molar-refractivity contribution >= 4 is 23.2 Å². The molecular formula is C26H21F2N3. The Bertz CT molecular complexity index is 1220. The molecule has 3 nitrogen and oxygen atoms in total. The summed E-state index contributed by atoms with van der Waals surface area (Å²) >= 11 is 0. The van der Waals surface area contributed by atoms with Gasteiger partial charge in [-0.25, -0.2) is 13.8 Å². The van der Waals surface area contributed by atoms with Gasteiger partial charge in [0.1, 0.15) is 17.5 Å². The number of hydrogen-bond acceptors (Lipinski definition) is 3. The number of nitrogens with one attached hydrogen (secondary N) is 1. The number of fused-ring (bicyclic) bond motifs is 1. The van der Waals surface area contributed by atoms with Crippen molar-refractivity contribution in [1.29, 1.82) is 0 Å². The van der Waals surface area contributed by atoms with Gasteiger partial charge in [-0.1, -0.05) is 43.0 Å². The van der Waals surface area contributed by atoms with Crippen LogP contribution in [0.5, 0.6) is 0 Å². The van der Waals surface area contributed by atoms with Crippen LogP contribution >= 0.6 is 0 Å². The van der Waals surface area contributed by atoms with Crippen molar-refractivity contribution in [3.05, 3.63) is 119 Å². The highest BCUT2D eigenvalue weighted by atomic mass is 19.1. The summed E-state index contributed by atoms with van der Waals surface area (Å²) < 4.78 is 28.6. The molecule has 0 bridgehead atoms. The van der Waals surface area contributed by atoms with Gasteiger partial charge in [0.15, 0.2) is 0 Å². The molecule has 5 heteroatoms. The fourth-order valence-electron chi connectivity index (χ4n) is 3.48. The average molecular weight is 413 g/mol. The SMILES string of the molecule is C=C(N=CC1=C(C)c2ccc(F)cc2C(c2ccccc2F)=NC1)Nc1ccccc1. The summed E-state index contributed by atoms with van der Waals surface area (Å²) in [5.41, 5.74) is 4.76. The first-order valence-electron chi connectivity index (χ1n) is 9.87. The van der Waals surface area contributed by atoms with E-state index in [1.807, 2.05) is 37.3 Å². The highest BCUT2D eigenvalue weighted by molar-refractivity contribution is 6.17. The number of rotatable bonds is 5. The average Bonchev–Trinajstić information content (AvgIpc) is 2.90. The highest BCUT2D eigenvalue weighted by Gasteiger charge is 2.21.